The Morgan fingerprint density at radius 1 is 1.08 bits per heavy atom. The number of carbonyl (C=O) groups excluding carboxylic acids is 1. The molecule has 1 aliphatic rings. The smallest absolute Gasteiger partial charge is 0.270 e. The quantitative estimate of drug-likeness (QED) is 0.624. The molecule has 2 aromatic carbocycles. The van der Waals surface area contributed by atoms with Crippen molar-refractivity contribution in [2.75, 3.05) is 13.1 Å². The third kappa shape index (κ3) is 3.36. The molecule has 4 heteroatoms. The first-order chi connectivity index (χ1) is 12.6. The van der Waals surface area contributed by atoms with Crippen LogP contribution in [0.4, 0.5) is 0 Å². The number of piperidine rings is 1. The molecule has 2 heterocycles. The summed E-state index contributed by atoms with van der Waals surface area (Å²) < 4.78 is 2.14. The number of hydrogen-bond acceptors (Lipinski definition) is 1. The van der Waals surface area contributed by atoms with Crippen molar-refractivity contribution >= 4 is 28.4 Å². The van der Waals surface area contributed by atoms with Crippen molar-refractivity contribution in [1.29, 1.82) is 0 Å². The number of aromatic nitrogens is 1. The number of carbonyl (C=O) groups is 1. The minimum absolute atomic E-state index is 0.141. The van der Waals surface area contributed by atoms with Gasteiger partial charge in [0.25, 0.3) is 5.91 Å². The maximum absolute atomic E-state index is 13.2. The number of fused-ring (bicyclic) bond motifs is 1. The average molecular weight is 367 g/mol. The molecule has 0 aliphatic carbocycles. The molecule has 0 bridgehead atoms. The van der Waals surface area contributed by atoms with E-state index in [2.05, 4.69) is 23.6 Å². The van der Waals surface area contributed by atoms with E-state index in [1.54, 1.807) is 0 Å². The molecule has 1 aliphatic heterocycles. The van der Waals surface area contributed by atoms with Crippen molar-refractivity contribution in [3.05, 3.63) is 70.9 Å². The molecule has 134 valence electrons. The second-order valence-corrected chi connectivity index (χ2v) is 7.71. The van der Waals surface area contributed by atoms with Gasteiger partial charge in [0, 0.05) is 35.6 Å². The van der Waals surface area contributed by atoms with Crippen LogP contribution in [0.1, 0.15) is 35.8 Å². The van der Waals surface area contributed by atoms with Crippen LogP contribution in [0.15, 0.2) is 54.6 Å². The van der Waals surface area contributed by atoms with Gasteiger partial charge in [0.2, 0.25) is 0 Å². The van der Waals surface area contributed by atoms with Crippen LogP contribution in [-0.2, 0) is 6.54 Å². The molecule has 3 nitrogen and oxygen atoms in total. The highest BCUT2D eigenvalue weighted by molar-refractivity contribution is 6.30. The van der Waals surface area contributed by atoms with Gasteiger partial charge in [-0.15, -0.1) is 0 Å². The number of hydrogen-bond donors (Lipinski definition) is 0. The fourth-order valence-corrected chi connectivity index (χ4v) is 3.83. The SMILES string of the molecule is CC1CCN(C(=O)c2cc3ccccc3n2Cc2ccc(Cl)cc2)CC1. The van der Waals surface area contributed by atoms with Gasteiger partial charge in [0.05, 0.1) is 0 Å². The number of rotatable bonds is 3. The number of halogens is 1. The van der Waals surface area contributed by atoms with Gasteiger partial charge in [-0.3, -0.25) is 4.79 Å². The van der Waals surface area contributed by atoms with Crippen LogP contribution >= 0.6 is 11.6 Å². The van der Waals surface area contributed by atoms with Crippen LogP contribution in [-0.4, -0.2) is 28.5 Å². The number of likely N-dealkylation sites (tertiary alicyclic amines) is 1. The minimum atomic E-state index is 0.141. The van der Waals surface area contributed by atoms with Crippen molar-refractivity contribution in [2.45, 2.75) is 26.3 Å². The summed E-state index contributed by atoms with van der Waals surface area (Å²) in [7, 11) is 0. The summed E-state index contributed by atoms with van der Waals surface area (Å²) in [5, 5.41) is 1.83. The van der Waals surface area contributed by atoms with Crippen molar-refractivity contribution < 1.29 is 4.79 Å². The lowest BCUT2D eigenvalue weighted by molar-refractivity contribution is 0.0687. The summed E-state index contributed by atoms with van der Waals surface area (Å²) in [6.07, 6.45) is 2.17. The summed E-state index contributed by atoms with van der Waals surface area (Å²) in [4.78, 5) is 15.2. The maximum atomic E-state index is 13.2. The molecule has 1 saturated heterocycles. The van der Waals surface area contributed by atoms with E-state index in [9.17, 15) is 4.79 Å². The van der Waals surface area contributed by atoms with Crippen LogP contribution in [0.25, 0.3) is 10.9 Å². The molecule has 0 unspecified atom stereocenters. The van der Waals surface area contributed by atoms with Crippen LogP contribution in [0, 0.1) is 5.92 Å². The van der Waals surface area contributed by atoms with Crippen LogP contribution in [0.5, 0.6) is 0 Å². The Morgan fingerprint density at radius 2 is 1.77 bits per heavy atom. The Bertz CT molecular complexity index is 921. The third-order valence-corrected chi connectivity index (χ3v) is 5.61. The van der Waals surface area contributed by atoms with Gasteiger partial charge in [-0.2, -0.15) is 0 Å². The zero-order chi connectivity index (χ0) is 18.1. The minimum Gasteiger partial charge on any atom is -0.337 e. The number of para-hydroxylation sites is 1. The molecular formula is C22H23ClN2O. The number of amides is 1. The highest BCUT2D eigenvalue weighted by Crippen LogP contribution is 2.25. The van der Waals surface area contributed by atoms with Gasteiger partial charge >= 0.3 is 0 Å². The lowest BCUT2D eigenvalue weighted by Crippen LogP contribution is -2.38. The molecule has 1 fully saturated rings. The summed E-state index contributed by atoms with van der Waals surface area (Å²) in [5.41, 5.74) is 3.00. The fourth-order valence-electron chi connectivity index (χ4n) is 3.70. The standard InChI is InChI=1S/C22H23ClN2O/c1-16-10-12-24(13-11-16)22(26)21-14-18-4-2-3-5-20(18)25(21)15-17-6-8-19(23)9-7-17/h2-9,14,16H,10-13,15H2,1H3. The Balaban J connectivity index is 1.71. The van der Waals surface area contributed by atoms with Gasteiger partial charge in [-0.25, -0.2) is 0 Å². The summed E-state index contributed by atoms with van der Waals surface area (Å²) in [6.45, 7) is 4.63. The predicted molar refractivity (Wildman–Crippen MR) is 107 cm³/mol. The topological polar surface area (TPSA) is 25.2 Å². The molecule has 4 rings (SSSR count). The van der Waals surface area contributed by atoms with Gasteiger partial charge < -0.3 is 9.47 Å². The van der Waals surface area contributed by atoms with E-state index >= 15 is 0 Å². The second kappa shape index (κ2) is 7.16. The molecule has 0 N–H and O–H groups in total. The number of nitrogens with zero attached hydrogens (tertiary/aromatic N) is 2. The first-order valence-electron chi connectivity index (χ1n) is 9.24. The van der Waals surface area contributed by atoms with E-state index in [0.29, 0.717) is 12.5 Å². The van der Waals surface area contributed by atoms with Crippen LogP contribution < -0.4 is 0 Å². The Kier molecular flexibility index (Phi) is 4.73. The van der Waals surface area contributed by atoms with Crippen LogP contribution in [0.2, 0.25) is 5.02 Å². The summed E-state index contributed by atoms with van der Waals surface area (Å²) in [5.74, 6) is 0.848. The van der Waals surface area contributed by atoms with Gasteiger partial charge in [0.1, 0.15) is 5.69 Å². The van der Waals surface area contributed by atoms with E-state index in [0.717, 1.165) is 53.1 Å². The molecule has 0 radical (unpaired) electrons. The molecule has 0 saturated carbocycles. The van der Waals surface area contributed by atoms with E-state index < -0.39 is 0 Å². The first-order valence-corrected chi connectivity index (χ1v) is 9.61. The summed E-state index contributed by atoms with van der Waals surface area (Å²) in [6, 6.07) is 18.1. The van der Waals surface area contributed by atoms with Crippen LogP contribution in [0.3, 0.4) is 0 Å². The highest BCUT2D eigenvalue weighted by atomic mass is 35.5. The van der Waals surface area contributed by atoms with E-state index in [4.69, 9.17) is 11.6 Å². The molecule has 0 spiro atoms. The van der Waals surface area contributed by atoms with Crippen molar-refractivity contribution in [1.82, 2.24) is 9.47 Å². The van der Waals surface area contributed by atoms with Crippen molar-refractivity contribution in [3.8, 4) is 0 Å². The first kappa shape index (κ1) is 17.2. The Hall–Kier alpha value is -2.26. The second-order valence-electron chi connectivity index (χ2n) is 7.28. The van der Waals surface area contributed by atoms with Gasteiger partial charge in [-0.1, -0.05) is 48.9 Å². The lowest BCUT2D eigenvalue weighted by Gasteiger charge is -2.30. The third-order valence-electron chi connectivity index (χ3n) is 5.35. The van der Waals surface area contributed by atoms with Crippen molar-refractivity contribution in [3.63, 3.8) is 0 Å². The Morgan fingerprint density at radius 3 is 2.50 bits per heavy atom. The molecule has 1 amide bonds. The van der Waals surface area contributed by atoms with E-state index in [1.165, 1.54) is 0 Å². The zero-order valence-electron chi connectivity index (χ0n) is 15.0. The van der Waals surface area contributed by atoms with E-state index in [-0.39, 0.29) is 5.91 Å². The normalized spacial score (nSPS) is 15.5. The highest BCUT2D eigenvalue weighted by Gasteiger charge is 2.24. The predicted octanol–water partition coefficient (Wildman–Crippen LogP) is 5.22. The van der Waals surface area contributed by atoms with E-state index in [1.807, 2.05) is 47.4 Å². The van der Waals surface area contributed by atoms with Gasteiger partial charge in [-0.05, 0) is 48.6 Å². The fraction of sp³-hybridized carbons (Fsp3) is 0.318. The van der Waals surface area contributed by atoms with Crippen molar-refractivity contribution in [2.24, 2.45) is 5.92 Å². The average Bonchev–Trinajstić information content (AvgIpc) is 3.02. The van der Waals surface area contributed by atoms with Gasteiger partial charge in [0.15, 0.2) is 0 Å². The summed E-state index contributed by atoms with van der Waals surface area (Å²) >= 11 is 6.02. The maximum Gasteiger partial charge on any atom is 0.270 e. The monoisotopic (exact) mass is 366 g/mol. The molecule has 1 aromatic heterocycles. The molecule has 26 heavy (non-hydrogen) atoms. The number of benzene rings is 2. The largest absolute Gasteiger partial charge is 0.337 e. The molecular weight excluding hydrogens is 344 g/mol. The Labute approximate surface area is 159 Å². The zero-order valence-corrected chi connectivity index (χ0v) is 15.7. The lowest BCUT2D eigenvalue weighted by atomic mass is 9.99. The molecule has 0 atom stereocenters. The molecule has 3 aromatic rings.